The van der Waals surface area contributed by atoms with Gasteiger partial charge in [-0.25, -0.2) is 4.79 Å². The largest absolute Gasteiger partial charge is 0.488 e. The van der Waals surface area contributed by atoms with Crippen LogP contribution >= 0.6 is 0 Å². The Balaban J connectivity index is 1.34. The monoisotopic (exact) mass is 574 g/mol. The first-order valence-electron chi connectivity index (χ1n) is 14.2. The third-order valence-electron chi connectivity index (χ3n) is 7.59. The van der Waals surface area contributed by atoms with Crippen molar-refractivity contribution in [2.75, 3.05) is 44.2 Å². The SMILES string of the molecule is C[C@H](CO)N1C[C@H](C)[C@@H](CN(C)Cc2ccccc2)Oc2ccc(NC(=O)Nc3ccc4c(c3)OCO4)cc2CC1=O. The van der Waals surface area contributed by atoms with E-state index >= 15 is 0 Å². The molecule has 0 aliphatic carbocycles. The van der Waals surface area contributed by atoms with Crippen LogP contribution in [0.4, 0.5) is 16.2 Å². The highest BCUT2D eigenvalue weighted by atomic mass is 16.7. The van der Waals surface area contributed by atoms with Crippen molar-refractivity contribution in [3.05, 3.63) is 77.9 Å². The molecule has 2 aliphatic rings. The van der Waals surface area contributed by atoms with E-state index in [1.807, 2.05) is 25.1 Å². The number of anilines is 2. The molecule has 2 aliphatic heterocycles. The zero-order valence-electron chi connectivity index (χ0n) is 24.2. The van der Waals surface area contributed by atoms with Gasteiger partial charge in [-0.15, -0.1) is 0 Å². The predicted octanol–water partition coefficient (Wildman–Crippen LogP) is 4.34. The molecule has 0 radical (unpaired) electrons. The first-order chi connectivity index (χ1) is 20.3. The molecule has 0 unspecified atom stereocenters. The highest BCUT2D eigenvalue weighted by molar-refractivity contribution is 6.00. The van der Waals surface area contributed by atoms with Gasteiger partial charge in [-0.2, -0.15) is 0 Å². The van der Waals surface area contributed by atoms with Gasteiger partial charge in [0.25, 0.3) is 0 Å². The Morgan fingerprint density at radius 2 is 1.71 bits per heavy atom. The number of nitrogens with one attached hydrogen (secondary N) is 2. The number of nitrogens with zero attached hydrogens (tertiary/aromatic N) is 2. The average Bonchev–Trinajstić information content (AvgIpc) is 3.45. The van der Waals surface area contributed by atoms with Gasteiger partial charge >= 0.3 is 6.03 Å². The number of carbonyl (C=O) groups is 2. The molecule has 3 atom stereocenters. The van der Waals surface area contributed by atoms with Gasteiger partial charge in [0, 0.05) is 48.6 Å². The molecule has 42 heavy (non-hydrogen) atoms. The summed E-state index contributed by atoms with van der Waals surface area (Å²) in [7, 11) is 2.06. The van der Waals surface area contributed by atoms with Crippen LogP contribution in [0.25, 0.3) is 0 Å². The van der Waals surface area contributed by atoms with Crippen LogP contribution in [0, 0.1) is 5.92 Å². The first-order valence-corrected chi connectivity index (χ1v) is 14.2. The summed E-state index contributed by atoms with van der Waals surface area (Å²) >= 11 is 0. The average molecular weight is 575 g/mol. The molecule has 3 aromatic rings. The van der Waals surface area contributed by atoms with E-state index in [4.69, 9.17) is 14.2 Å². The number of likely N-dealkylation sites (N-methyl/N-ethyl adjacent to an activating group) is 1. The normalized spacial score (nSPS) is 18.8. The van der Waals surface area contributed by atoms with Gasteiger partial charge in [-0.1, -0.05) is 37.3 Å². The van der Waals surface area contributed by atoms with Gasteiger partial charge in [0.15, 0.2) is 11.5 Å². The molecule has 0 spiro atoms. The quantitative estimate of drug-likeness (QED) is 0.367. The number of carbonyl (C=O) groups excluding carboxylic acids is 2. The summed E-state index contributed by atoms with van der Waals surface area (Å²) in [5.41, 5.74) is 2.95. The smallest absolute Gasteiger partial charge is 0.323 e. The Hall–Kier alpha value is -4.28. The second-order valence-electron chi connectivity index (χ2n) is 11.0. The van der Waals surface area contributed by atoms with E-state index in [9.17, 15) is 14.7 Å². The number of benzene rings is 3. The van der Waals surface area contributed by atoms with Crippen LogP contribution in [0.5, 0.6) is 17.2 Å². The zero-order chi connectivity index (χ0) is 29.6. The molecule has 222 valence electrons. The maximum atomic E-state index is 13.5. The number of amides is 3. The van der Waals surface area contributed by atoms with Gasteiger partial charge in [0.05, 0.1) is 19.1 Å². The van der Waals surface area contributed by atoms with Crippen molar-refractivity contribution in [2.24, 2.45) is 5.92 Å². The van der Waals surface area contributed by atoms with Gasteiger partial charge in [-0.05, 0) is 49.9 Å². The van der Waals surface area contributed by atoms with Crippen LogP contribution in [0.2, 0.25) is 0 Å². The van der Waals surface area contributed by atoms with E-state index in [0.717, 1.165) is 6.54 Å². The Kier molecular flexibility index (Phi) is 9.14. The molecule has 0 saturated heterocycles. The second-order valence-corrected chi connectivity index (χ2v) is 11.0. The molecule has 5 rings (SSSR count). The molecule has 0 bridgehead atoms. The predicted molar refractivity (Wildman–Crippen MR) is 160 cm³/mol. The highest BCUT2D eigenvalue weighted by Gasteiger charge is 2.31. The van der Waals surface area contributed by atoms with Crippen molar-refractivity contribution in [3.63, 3.8) is 0 Å². The molecule has 3 aromatic carbocycles. The number of fused-ring (bicyclic) bond motifs is 2. The van der Waals surface area contributed by atoms with E-state index in [1.54, 1.807) is 41.3 Å². The molecule has 3 amide bonds. The Morgan fingerprint density at radius 1 is 1.02 bits per heavy atom. The molecule has 10 nitrogen and oxygen atoms in total. The molecule has 0 saturated carbocycles. The number of hydrogen-bond donors (Lipinski definition) is 3. The lowest BCUT2D eigenvalue weighted by Gasteiger charge is -2.34. The summed E-state index contributed by atoms with van der Waals surface area (Å²) in [4.78, 5) is 30.2. The van der Waals surface area contributed by atoms with Crippen LogP contribution in [0.15, 0.2) is 66.7 Å². The third kappa shape index (κ3) is 7.13. The van der Waals surface area contributed by atoms with Crippen LogP contribution in [-0.4, -0.2) is 72.5 Å². The lowest BCUT2D eigenvalue weighted by atomic mass is 10.0. The van der Waals surface area contributed by atoms with Crippen LogP contribution < -0.4 is 24.8 Å². The lowest BCUT2D eigenvalue weighted by Crippen LogP contribution is -2.47. The minimum absolute atomic E-state index is 0.00240. The van der Waals surface area contributed by atoms with Crippen molar-refractivity contribution in [2.45, 2.75) is 39.0 Å². The van der Waals surface area contributed by atoms with Crippen LogP contribution in [0.3, 0.4) is 0 Å². The van der Waals surface area contributed by atoms with Gasteiger partial charge < -0.3 is 34.9 Å². The van der Waals surface area contributed by atoms with Crippen LogP contribution in [0.1, 0.15) is 25.0 Å². The Morgan fingerprint density at radius 3 is 2.45 bits per heavy atom. The highest BCUT2D eigenvalue weighted by Crippen LogP contribution is 2.34. The summed E-state index contributed by atoms with van der Waals surface area (Å²) < 4.78 is 17.3. The van der Waals surface area contributed by atoms with E-state index < -0.39 is 6.03 Å². The van der Waals surface area contributed by atoms with Gasteiger partial charge in [-0.3, -0.25) is 9.69 Å². The second kappa shape index (κ2) is 13.1. The number of aliphatic hydroxyl groups excluding tert-OH is 1. The Bertz CT molecular complexity index is 1400. The fourth-order valence-electron chi connectivity index (χ4n) is 5.26. The van der Waals surface area contributed by atoms with Crippen molar-refractivity contribution >= 4 is 23.3 Å². The number of hydrogen-bond acceptors (Lipinski definition) is 7. The maximum absolute atomic E-state index is 13.5. The lowest BCUT2D eigenvalue weighted by molar-refractivity contribution is -0.134. The minimum Gasteiger partial charge on any atom is -0.488 e. The molecule has 0 aromatic heterocycles. The van der Waals surface area contributed by atoms with E-state index in [2.05, 4.69) is 41.6 Å². The number of aliphatic hydroxyl groups is 1. The zero-order valence-corrected chi connectivity index (χ0v) is 24.2. The van der Waals surface area contributed by atoms with E-state index in [-0.39, 0.29) is 43.8 Å². The summed E-state index contributed by atoms with van der Waals surface area (Å²) in [6, 6.07) is 20.0. The maximum Gasteiger partial charge on any atom is 0.323 e. The first kappa shape index (κ1) is 29.2. The molecular weight excluding hydrogens is 536 g/mol. The molecule has 10 heteroatoms. The van der Waals surface area contributed by atoms with Gasteiger partial charge in [0.1, 0.15) is 11.9 Å². The number of urea groups is 1. The number of rotatable bonds is 8. The molecule has 2 heterocycles. The number of ether oxygens (including phenoxy) is 3. The summed E-state index contributed by atoms with van der Waals surface area (Å²) in [6.07, 6.45) is -0.136. The summed E-state index contributed by atoms with van der Waals surface area (Å²) in [6.45, 7) is 5.80. The van der Waals surface area contributed by atoms with E-state index in [1.165, 1.54) is 5.56 Å². The van der Waals surface area contributed by atoms with Crippen molar-refractivity contribution in [3.8, 4) is 17.2 Å². The van der Waals surface area contributed by atoms with Gasteiger partial charge in [0.2, 0.25) is 12.7 Å². The van der Waals surface area contributed by atoms with Crippen molar-refractivity contribution < 1.29 is 28.9 Å². The van der Waals surface area contributed by atoms with Crippen molar-refractivity contribution in [1.82, 2.24) is 9.80 Å². The van der Waals surface area contributed by atoms with Crippen molar-refractivity contribution in [1.29, 1.82) is 0 Å². The molecular formula is C32H38N4O6. The Labute approximate surface area is 246 Å². The standard InChI is InChI=1S/C32H38N4O6/c1-21-16-36(22(2)19-37)31(38)14-24-13-25(33-32(39)34-26-10-12-28-29(15-26)41-20-40-28)9-11-27(24)42-30(21)18-35(3)17-23-7-5-4-6-8-23/h4-13,15,21-22,30,37H,14,16-20H2,1-3H3,(H2,33,34,39)/t21-,22+,30+/m0/s1. The van der Waals surface area contributed by atoms with Crippen LogP contribution in [-0.2, 0) is 17.8 Å². The van der Waals surface area contributed by atoms with E-state index in [0.29, 0.717) is 47.3 Å². The summed E-state index contributed by atoms with van der Waals surface area (Å²) in [5, 5.41) is 15.6. The molecule has 3 N–H and O–H groups in total. The fourth-order valence-corrected chi connectivity index (χ4v) is 5.26. The minimum atomic E-state index is -0.436. The topological polar surface area (TPSA) is 113 Å². The fraction of sp³-hybridized carbons (Fsp3) is 0.375. The molecule has 0 fully saturated rings. The third-order valence-corrected chi connectivity index (χ3v) is 7.59. The summed E-state index contributed by atoms with van der Waals surface area (Å²) in [5.74, 6) is 1.70.